The SMILES string of the molecule is CCNC(=NCCCSc1ccc(F)cc1)NCCNC(=O)C(C)C. The lowest BCUT2D eigenvalue weighted by Crippen LogP contribution is -2.42. The molecule has 1 aromatic rings. The van der Waals surface area contributed by atoms with Crippen molar-refractivity contribution in [1.82, 2.24) is 16.0 Å². The highest BCUT2D eigenvalue weighted by atomic mass is 32.2. The molecule has 5 nitrogen and oxygen atoms in total. The number of aliphatic imine (C=N–C) groups is 1. The predicted molar refractivity (Wildman–Crippen MR) is 104 cm³/mol. The lowest BCUT2D eigenvalue weighted by Gasteiger charge is -2.12. The Balaban J connectivity index is 2.23. The Bertz CT molecular complexity index is 534. The van der Waals surface area contributed by atoms with Crippen molar-refractivity contribution in [3.8, 4) is 0 Å². The normalized spacial score (nSPS) is 11.5. The van der Waals surface area contributed by atoms with Crippen LogP contribution in [0.3, 0.4) is 0 Å². The number of benzene rings is 1. The maximum absolute atomic E-state index is 12.8. The van der Waals surface area contributed by atoms with E-state index in [9.17, 15) is 9.18 Å². The largest absolute Gasteiger partial charge is 0.357 e. The predicted octanol–water partition coefficient (Wildman–Crippen LogP) is 2.64. The first kappa shape index (κ1) is 21.3. The minimum Gasteiger partial charge on any atom is -0.357 e. The molecule has 0 radical (unpaired) electrons. The van der Waals surface area contributed by atoms with E-state index in [2.05, 4.69) is 20.9 Å². The third-order valence-electron chi connectivity index (χ3n) is 3.24. The van der Waals surface area contributed by atoms with Crippen LogP contribution >= 0.6 is 11.8 Å². The Morgan fingerprint density at radius 1 is 1.16 bits per heavy atom. The van der Waals surface area contributed by atoms with Crippen LogP contribution in [0.1, 0.15) is 27.2 Å². The highest BCUT2D eigenvalue weighted by Crippen LogP contribution is 2.18. The Morgan fingerprint density at radius 3 is 2.48 bits per heavy atom. The zero-order valence-corrected chi connectivity index (χ0v) is 16.1. The van der Waals surface area contributed by atoms with Crippen molar-refractivity contribution in [3.63, 3.8) is 0 Å². The molecular formula is C18H29FN4OS. The molecule has 7 heteroatoms. The fraction of sp³-hybridized carbons (Fsp3) is 0.556. The van der Waals surface area contributed by atoms with Crippen molar-refractivity contribution in [3.05, 3.63) is 30.1 Å². The molecule has 1 aromatic carbocycles. The van der Waals surface area contributed by atoms with E-state index in [0.29, 0.717) is 19.6 Å². The van der Waals surface area contributed by atoms with Gasteiger partial charge in [0.15, 0.2) is 5.96 Å². The van der Waals surface area contributed by atoms with Gasteiger partial charge in [-0.1, -0.05) is 13.8 Å². The molecule has 0 heterocycles. The van der Waals surface area contributed by atoms with Gasteiger partial charge in [0, 0.05) is 37.0 Å². The molecular weight excluding hydrogens is 339 g/mol. The van der Waals surface area contributed by atoms with Gasteiger partial charge >= 0.3 is 0 Å². The summed E-state index contributed by atoms with van der Waals surface area (Å²) in [6.07, 6.45) is 0.933. The summed E-state index contributed by atoms with van der Waals surface area (Å²) in [7, 11) is 0. The molecule has 0 aromatic heterocycles. The van der Waals surface area contributed by atoms with Gasteiger partial charge in [-0.25, -0.2) is 4.39 Å². The van der Waals surface area contributed by atoms with Gasteiger partial charge in [-0.15, -0.1) is 11.8 Å². The van der Waals surface area contributed by atoms with E-state index in [4.69, 9.17) is 0 Å². The van der Waals surface area contributed by atoms with Gasteiger partial charge in [-0.3, -0.25) is 9.79 Å². The van der Waals surface area contributed by atoms with Crippen LogP contribution < -0.4 is 16.0 Å². The quantitative estimate of drug-likeness (QED) is 0.257. The van der Waals surface area contributed by atoms with E-state index < -0.39 is 0 Å². The van der Waals surface area contributed by atoms with Crippen molar-refractivity contribution in [2.75, 3.05) is 31.9 Å². The van der Waals surface area contributed by atoms with E-state index in [1.54, 1.807) is 23.9 Å². The lowest BCUT2D eigenvalue weighted by molar-refractivity contribution is -0.123. The molecule has 0 spiro atoms. The van der Waals surface area contributed by atoms with Crippen molar-refractivity contribution < 1.29 is 9.18 Å². The highest BCUT2D eigenvalue weighted by Gasteiger charge is 2.05. The van der Waals surface area contributed by atoms with Gasteiger partial charge in [-0.05, 0) is 43.4 Å². The summed E-state index contributed by atoms with van der Waals surface area (Å²) < 4.78 is 12.8. The Morgan fingerprint density at radius 2 is 1.84 bits per heavy atom. The number of hydrogen-bond acceptors (Lipinski definition) is 3. The molecule has 0 saturated heterocycles. The molecule has 0 unspecified atom stereocenters. The van der Waals surface area contributed by atoms with Crippen LogP contribution in [0.25, 0.3) is 0 Å². The van der Waals surface area contributed by atoms with Gasteiger partial charge in [0.2, 0.25) is 5.91 Å². The Hall–Kier alpha value is -1.76. The summed E-state index contributed by atoms with van der Waals surface area (Å²) in [5.74, 6) is 1.54. The van der Waals surface area contributed by atoms with Crippen LogP contribution in [0.5, 0.6) is 0 Å². The van der Waals surface area contributed by atoms with E-state index >= 15 is 0 Å². The molecule has 3 N–H and O–H groups in total. The number of rotatable bonds is 10. The van der Waals surface area contributed by atoms with Crippen LogP contribution in [0, 0.1) is 11.7 Å². The molecule has 0 aliphatic carbocycles. The Kier molecular flexibility index (Phi) is 10.7. The van der Waals surface area contributed by atoms with Crippen LogP contribution in [0.2, 0.25) is 0 Å². The zero-order chi connectivity index (χ0) is 18.5. The molecule has 0 fully saturated rings. The third kappa shape index (κ3) is 9.96. The number of guanidine groups is 1. The second-order valence-corrected chi connectivity index (χ2v) is 6.96. The topological polar surface area (TPSA) is 65.5 Å². The third-order valence-corrected chi connectivity index (χ3v) is 4.34. The second kappa shape index (κ2) is 12.6. The molecule has 1 rings (SSSR count). The number of carbonyl (C=O) groups excluding carboxylic acids is 1. The summed E-state index contributed by atoms with van der Waals surface area (Å²) in [4.78, 5) is 17.1. The average Bonchev–Trinajstić information content (AvgIpc) is 2.59. The summed E-state index contributed by atoms with van der Waals surface area (Å²) in [6.45, 7) is 8.46. The number of carbonyl (C=O) groups is 1. The van der Waals surface area contributed by atoms with Crippen molar-refractivity contribution >= 4 is 23.6 Å². The van der Waals surface area contributed by atoms with Crippen molar-refractivity contribution in [2.24, 2.45) is 10.9 Å². The van der Waals surface area contributed by atoms with E-state index in [1.807, 2.05) is 20.8 Å². The van der Waals surface area contributed by atoms with Crippen LogP contribution in [0.15, 0.2) is 34.2 Å². The van der Waals surface area contributed by atoms with Gasteiger partial charge in [0.05, 0.1) is 0 Å². The lowest BCUT2D eigenvalue weighted by atomic mass is 10.2. The maximum atomic E-state index is 12.8. The summed E-state index contributed by atoms with van der Waals surface area (Å²) in [5, 5.41) is 9.26. The molecule has 0 atom stereocenters. The minimum atomic E-state index is -0.208. The molecule has 0 aliphatic rings. The zero-order valence-electron chi connectivity index (χ0n) is 15.3. The average molecular weight is 369 g/mol. The number of thioether (sulfide) groups is 1. The highest BCUT2D eigenvalue weighted by molar-refractivity contribution is 7.99. The molecule has 140 valence electrons. The fourth-order valence-corrected chi connectivity index (χ4v) is 2.73. The van der Waals surface area contributed by atoms with Crippen LogP contribution in [0.4, 0.5) is 4.39 Å². The minimum absolute atomic E-state index is 0.000474. The van der Waals surface area contributed by atoms with Gasteiger partial charge in [0.1, 0.15) is 5.82 Å². The summed E-state index contributed by atoms with van der Waals surface area (Å²) >= 11 is 1.70. The monoisotopic (exact) mass is 368 g/mol. The first-order valence-electron chi connectivity index (χ1n) is 8.71. The number of hydrogen-bond donors (Lipinski definition) is 3. The van der Waals surface area contributed by atoms with E-state index in [0.717, 1.165) is 29.6 Å². The molecule has 1 amide bonds. The first-order chi connectivity index (χ1) is 12.0. The molecule has 0 bridgehead atoms. The van der Waals surface area contributed by atoms with Gasteiger partial charge in [-0.2, -0.15) is 0 Å². The van der Waals surface area contributed by atoms with Gasteiger partial charge in [0.25, 0.3) is 0 Å². The smallest absolute Gasteiger partial charge is 0.222 e. The summed E-state index contributed by atoms with van der Waals surface area (Å²) in [6, 6.07) is 6.54. The molecule has 0 aliphatic heterocycles. The standard InChI is InChI=1S/C18H29FN4OS/c1-4-20-18(23-12-11-21-17(24)14(2)3)22-10-5-13-25-16-8-6-15(19)7-9-16/h6-9,14H,4-5,10-13H2,1-3H3,(H,21,24)(H2,20,22,23). The number of amides is 1. The van der Waals surface area contributed by atoms with Crippen LogP contribution in [-0.2, 0) is 4.79 Å². The second-order valence-electron chi connectivity index (χ2n) is 5.79. The number of halogens is 1. The number of nitrogens with zero attached hydrogens (tertiary/aromatic N) is 1. The fourth-order valence-electron chi connectivity index (χ4n) is 1.89. The maximum Gasteiger partial charge on any atom is 0.222 e. The first-order valence-corrected chi connectivity index (χ1v) is 9.69. The van der Waals surface area contributed by atoms with E-state index in [1.165, 1.54) is 12.1 Å². The molecule has 25 heavy (non-hydrogen) atoms. The number of nitrogens with one attached hydrogen (secondary N) is 3. The Labute approximate surface area is 154 Å². The summed E-state index contributed by atoms with van der Waals surface area (Å²) in [5.41, 5.74) is 0. The van der Waals surface area contributed by atoms with Crippen LogP contribution in [-0.4, -0.2) is 43.8 Å². The molecule has 0 saturated carbocycles. The van der Waals surface area contributed by atoms with Crippen molar-refractivity contribution in [2.45, 2.75) is 32.1 Å². The van der Waals surface area contributed by atoms with Crippen molar-refractivity contribution in [1.29, 1.82) is 0 Å². The van der Waals surface area contributed by atoms with E-state index in [-0.39, 0.29) is 17.6 Å². The van der Waals surface area contributed by atoms with Gasteiger partial charge < -0.3 is 16.0 Å².